The molecule has 1 aliphatic heterocycles. The van der Waals surface area contributed by atoms with Crippen LogP contribution in [-0.4, -0.2) is 89.5 Å². The van der Waals surface area contributed by atoms with Gasteiger partial charge in [-0.3, -0.25) is 14.9 Å². The number of nitro benzene ring substituents is 1. The average molecular weight is 655 g/mol. The quantitative estimate of drug-likeness (QED) is 0.118. The number of nitrogens with one attached hydrogen (secondary N) is 2. The van der Waals surface area contributed by atoms with Crippen molar-refractivity contribution in [3.63, 3.8) is 0 Å². The van der Waals surface area contributed by atoms with Gasteiger partial charge in [0, 0.05) is 49.1 Å². The van der Waals surface area contributed by atoms with Gasteiger partial charge in [-0.05, 0) is 45.4 Å². The predicted molar refractivity (Wildman–Crippen MR) is 172 cm³/mol. The van der Waals surface area contributed by atoms with Gasteiger partial charge in [-0.1, -0.05) is 24.3 Å². The number of amides is 1. The Balaban J connectivity index is 1.89. The van der Waals surface area contributed by atoms with Crippen molar-refractivity contribution in [1.82, 2.24) is 15.5 Å². The molecule has 0 aromatic heterocycles. The number of rotatable bonds is 16. The van der Waals surface area contributed by atoms with Gasteiger partial charge in [0.15, 0.2) is 11.5 Å². The number of nitro groups is 1. The number of dihydropyridines is 1. The fourth-order valence-corrected chi connectivity index (χ4v) is 5.29. The van der Waals surface area contributed by atoms with Gasteiger partial charge in [0.05, 0.1) is 42.2 Å². The maximum Gasteiger partial charge on any atom is 0.336 e. The first-order valence-electron chi connectivity index (χ1n) is 15.0. The van der Waals surface area contributed by atoms with Gasteiger partial charge in [0.1, 0.15) is 12.7 Å². The zero-order valence-electron chi connectivity index (χ0n) is 27.4. The zero-order valence-corrected chi connectivity index (χ0v) is 27.4. The second-order valence-corrected chi connectivity index (χ2v) is 11.6. The van der Waals surface area contributed by atoms with Gasteiger partial charge < -0.3 is 40.0 Å². The van der Waals surface area contributed by atoms with Gasteiger partial charge in [-0.2, -0.15) is 0 Å². The monoisotopic (exact) mass is 654 g/mol. The van der Waals surface area contributed by atoms with Crippen molar-refractivity contribution >= 4 is 23.5 Å². The number of β-amino-alcohol motifs (C(OH)–C–C–N with tert-alkyl or cyclic N) is 1. The molecule has 1 amide bonds. The van der Waals surface area contributed by atoms with Crippen LogP contribution < -0.4 is 20.1 Å². The van der Waals surface area contributed by atoms with Crippen molar-refractivity contribution in [2.75, 3.05) is 40.0 Å². The second-order valence-electron chi connectivity index (χ2n) is 11.6. The Labute approximate surface area is 273 Å². The molecule has 14 nitrogen and oxygen atoms in total. The van der Waals surface area contributed by atoms with Crippen LogP contribution in [0.5, 0.6) is 11.5 Å². The number of esters is 1. The minimum Gasteiger partial charge on any atom is -0.493 e. The van der Waals surface area contributed by atoms with E-state index < -0.39 is 34.4 Å². The highest BCUT2D eigenvalue weighted by Crippen LogP contribution is 2.40. The first kappa shape index (κ1) is 36.5. The van der Waals surface area contributed by atoms with Crippen molar-refractivity contribution in [1.29, 1.82) is 0 Å². The van der Waals surface area contributed by atoms with Crippen LogP contribution in [0.4, 0.5) is 5.69 Å². The van der Waals surface area contributed by atoms with Crippen LogP contribution >= 0.6 is 0 Å². The Morgan fingerprint density at radius 1 is 1.13 bits per heavy atom. The smallest absolute Gasteiger partial charge is 0.336 e. The molecule has 1 heterocycles. The summed E-state index contributed by atoms with van der Waals surface area (Å²) in [4.78, 5) is 51.3. The number of aliphatic hydroxyl groups excluding tert-OH is 1. The van der Waals surface area contributed by atoms with Crippen molar-refractivity contribution in [2.45, 2.75) is 52.2 Å². The molecule has 2 aromatic rings. The van der Waals surface area contributed by atoms with Crippen molar-refractivity contribution in [3.8, 4) is 11.5 Å². The van der Waals surface area contributed by atoms with E-state index in [1.807, 2.05) is 13.8 Å². The number of methoxy groups -OCH3 is 1. The summed E-state index contributed by atoms with van der Waals surface area (Å²) in [7, 11) is 1.52. The van der Waals surface area contributed by atoms with E-state index in [2.05, 4.69) is 10.6 Å². The molecular formula is C33H42N4O10. The number of allylic oxidation sites excluding steroid dienone is 1. The molecular weight excluding hydrogens is 612 g/mol. The number of aliphatic hydroxyl groups is 1. The lowest BCUT2D eigenvalue weighted by atomic mass is 9.80. The number of hydrogen-bond acceptors (Lipinski definition) is 11. The Kier molecular flexibility index (Phi) is 12.5. The fraction of sp³-hybridized carbons (Fsp3) is 0.424. The van der Waals surface area contributed by atoms with E-state index in [0.717, 1.165) is 0 Å². The highest BCUT2D eigenvalue weighted by Gasteiger charge is 2.39. The third-order valence-corrected chi connectivity index (χ3v) is 7.48. The summed E-state index contributed by atoms with van der Waals surface area (Å²) in [6.07, 6.45) is -0.902. The van der Waals surface area contributed by atoms with Gasteiger partial charge in [0.25, 0.3) is 5.69 Å². The van der Waals surface area contributed by atoms with Crippen LogP contribution in [0.15, 0.2) is 71.1 Å². The van der Waals surface area contributed by atoms with E-state index in [-0.39, 0.29) is 72.5 Å². The van der Waals surface area contributed by atoms with Gasteiger partial charge in [-0.25, -0.2) is 9.59 Å². The van der Waals surface area contributed by atoms with E-state index in [9.17, 15) is 34.7 Å². The van der Waals surface area contributed by atoms with E-state index in [1.165, 1.54) is 50.1 Å². The molecule has 0 bridgehead atoms. The summed E-state index contributed by atoms with van der Waals surface area (Å²) in [5.41, 5.74) is -0.642. The normalized spacial score (nSPS) is 15.4. The molecule has 0 saturated carbocycles. The molecule has 47 heavy (non-hydrogen) atoms. The lowest BCUT2D eigenvalue weighted by Crippen LogP contribution is -2.53. The number of benzene rings is 2. The number of ether oxygens (including phenoxy) is 3. The van der Waals surface area contributed by atoms with Crippen molar-refractivity contribution in [3.05, 3.63) is 86.7 Å². The third-order valence-electron chi connectivity index (χ3n) is 7.48. The molecule has 4 N–H and O–H groups in total. The predicted octanol–water partition coefficient (Wildman–Crippen LogP) is 3.12. The summed E-state index contributed by atoms with van der Waals surface area (Å²) in [5, 5.41) is 38.6. The number of hydrogen-bond donors (Lipinski definition) is 4. The van der Waals surface area contributed by atoms with E-state index in [4.69, 9.17) is 14.2 Å². The average Bonchev–Trinajstić information content (AvgIpc) is 3.02. The second kappa shape index (κ2) is 16.1. The van der Waals surface area contributed by atoms with Crippen molar-refractivity contribution < 1.29 is 43.7 Å². The molecule has 2 aromatic carbocycles. The van der Waals surface area contributed by atoms with Gasteiger partial charge >= 0.3 is 11.9 Å². The number of para-hydroxylation sites is 2. The summed E-state index contributed by atoms with van der Waals surface area (Å²) >= 11 is 0. The molecule has 14 heteroatoms. The van der Waals surface area contributed by atoms with Crippen molar-refractivity contribution in [2.24, 2.45) is 0 Å². The first-order valence-corrected chi connectivity index (χ1v) is 15.0. The SMILES string of the molecule is CCOC(=O)C1=C(CN(CC(C)(C)NCC(O)COc2ccccc2OC)C(C)=O)NC(C)=C(C(=O)O)C1c1cccc([N+](=O)[O-])c1. The molecule has 2 atom stereocenters. The maximum absolute atomic E-state index is 13.5. The van der Waals surface area contributed by atoms with Gasteiger partial charge in [-0.15, -0.1) is 0 Å². The standard InChI is InChI=1S/C33H42N4O10/c1-7-46-32(42)30-25(35-20(2)28(31(40)41)29(30)22-11-10-12-23(15-22)37(43)44)17-36(21(3)38)19-33(4,5)34-16-24(39)18-47-27-14-9-8-13-26(27)45-6/h8-15,24,29,34-35,39H,7,16-19H2,1-6H3,(H,40,41). The topological polar surface area (TPSA) is 190 Å². The molecule has 1 aliphatic rings. The number of aliphatic carboxylic acids is 1. The Morgan fingerprint density at radius 2 is 1.81 bits per heavy atom. The minimum absolute atomic E-state index is 0.0150. The van der Waals surface area contributed by atoms with Crippen LogP contribution in [0.25, 0.3) is 0 Å². The van der Waals surface area contributed by atoms with Gasteiger partial charge in [0.2, 0.25) is 5.91 Å². The highest BCUT2D eigenvalue weighted by atomic mass is 16.6. The number of carboxylic acids is 1. The maximum atomic E-state index is 13.5. The van der Waals surface area contributed by atoms with E-state index >= 15 is 0 Å². The molecule has 2 unspecified atom stereocenters. The molecule has 254 valence electrons. The number of carbonyl (C=O) groups excluding carboxylic acids is 2. The summed E-state index contributed by atoms with van der Waals surface area (Å²) in [6, 6.07) is 12.5. The van der Waals surface area contributed by atoms with E-state index in [1.54, 1.807) is 31.2 Å². The largest absolute Gasteiger partial charge is 0.493 e. The van der Waals surface area contributed by atoms with Crippen LogP contribution in [-0.2, 0) is 19.1 Å². The van der Waals surface area contributed by atoms with Crippen LogP contribution in [0.1, 0.15) is 46.1 Å². The lowest BCUT2D eigenvalue weighted by Gasteiger charge is -2.37. The molecule has 0 spiro atoms. The summed E-state index contributed by atoms with van der Waals surface area (Å²) in [5.74, 6) is -2.69. The number of non-ortho nitro benzene ring substituents is 1. The van der Waals surface area contributed by atoms with Crippen LogP contribution in [0.2, 0.25) is 0 Å². The zero-order chi connectivity index (χ0) is 34.9. The summed E-state index contributed by atoms with van der Waals surface area (Å²) in [6.45, 7) is 8.25. The Hall–Kier alpha value is -4.95. The van der Waals surface area contributed by atoms with Crippen LogP contribution in [0, 0.1) is 10.1 Å². The molecule has 0 radical (unpaired) electrons. The number of carboxylic acid groups (broad SMARTS) is 1. The Morgan fingerprint density at radius 3 is 2.40 bits per heavy atom. The summed E-state index contributed by atoms with van der Waals surface area (Å²) < 4.78 is 16.3. The highest BCUT2D eigenvalue weighted by molar-refractivity contribution is 5.99. The fourth-order valence-electron chi connectivity index (χ4n) is 5.29. The first-order chi connectivity index (χ1) is 22.2. The molecule has 0 saturated heterocycles. The van der Waals surface area contributed by atoms with E-state index in [0.29, 0.717) is 11.5 Å². The Bertz CT molecular complexity index is 1550. The number of carbonyl (C=O) groups is 3. The molecule has 0 fully saturated rings. The molecule has 0 aliphatic carbocycles. The minimum atomic E-state index is -1.32. The third kappa shape index (κ3) is 9.53. The number of nitrogens with zero attached hydrogens (tertiary/aromatic N) is 2. The van der Waals surface area contributed by atoms with Crippen LogP contribution in [0.3, 0.4) is 0 Å². The molecule has 3 rings (SSSR count). The lowest BCUT2D eigenvalue weighted by molar-refractivity contribution is -0.384.